The second-order valence-electron chi connectivity index (χ2n) is 6.73. The van der Waals surface area contributed by atoms with Crippen molar-refractivity contribution in [2.75, 3.05) is 51.9 Å². The van der Waals surface area contributed by atoms with Gasteiger partial charge in [-0.3, -0.25) is 10.1 Å². The number of rotatable bonds is 6. The summed E-state index contributed by atoms with van der Waals surface area (Å²) in [7, 11) is 3.54. The minimum absolute atomic E-state index is 0.0183. The molecule has 1 aromatic carbocycles. The molecule has 2 atom stereocenters. The fraction of sp³-hybridized carbons (Fsp3) is 0.550. The van der Waals surface area contributed by atoms with Gasteiger partial charge in [0, 0.05) is 32.7 Å². The summed E-state index contributed by atoms with van der Waals surface area (Å²) >= 11 is 0. The zero-order valence-electron chi connectivity index (χ0n) is 17.6. The Hall–Kier alpha value is -2.05. The maximum absolute atomic E-state index is 13.0. The zero-order valence-corrected chi connectivity index (χ0v) is 15.6. The van der Waals surface area contributed by atoms with E-state index in [-0.39, 0.29) is 5.91 Å². The fourth-order valence-electron chi connectivity index (χ4n) is 3.49. The molecule has 1 amide bonds. The van der Waals surface area contributed by atoms with Crippen LogP contribution in [0.15, 0.2) is 30.5 Å². The molecule has 6 heteroatoms. The monoisotopic (exact) mass is 360 g/mol. The van der Waals surface area contributed by atoms with Gasteiger partial charge in [0.25, 0.3) is 5.91 Å². The Morgan fingerprint density at radius 2 is 2.23 bits per heavy atom. The van der Waals surface area contributed by atoms with Gasteiger partial charge in [-0.2, -0.15) is 0 Å². The van der Waals surface area contributed by atoms with Gasteiger partial charge in [-0.25, -0.2) is 0 Å². The van der Waals surface area contributed by atoms with E-state index < -0.39 is 13.2 Å². The molecule has 3 rings (SSSR count). The lowest BCUT2D eigenvalue weighted by atomic mass is 9.93. The Labute approximate surface area is 159 Å². The van der Waals surface area contributed by atoms with Crippen LogP contribution in [0.4, 0.5) is 5.69 Å². The number of carbonyl (C=O) groups excluding carboxylic acids is 1. The molecule has 26 heavy (non-hydrogen) atoms. The van der Waals surface area contributed by atoms with Gasteiger partial charge >= 0.3 is 0 Å². The number of piperidine rings is 1. The fourth-order valence-corrected chi connectivity index (χ4v) is 3.49. The van der Waals surface area contributed by atoms with Gasteiger partial charge in [0.2, 0.25) is 0 Å². The first-order valence-electron chi connectivity index (χ1n) is 10.4. The molecule has 0 aliphatic carbocycles. The molecule has 2 aliphatic heterocycles. The number of hydrogen-bond donors (Lipinski definition) is 2. The number of carbonyl (C=O) groups is 1. The van der Waals surface area contributed by atoms with Crippen molar-refractivity contribution in [1.82, 2.24) is 15.5 Å². The number of anilines is 1. The molecule has 2 heterocycles. The standard InChI is InChI=1S/C20H30N4O2/c1-21-10-6-16-7-12-23(13-8-16)20(25)17-4-5-19(26-2)18(14-17)24-11-3-9-22-15-24/h3-5,11,14,16,21-22H,6-10,12-13,15H2,1-2H3/i9D,15D. The molecule has 6 nitrogen and oxygen atoms in total. The first kappa shape index (κ1) is 16.1. The Bertz CT molecular complexity index is 707. The van der Waals surface area contributed by atoms with Gasteiger partial charge in [0.15, 0.2) is 0 Å². The second kappa shape index (κ2) is 9.05. The van der Waals surface area contributed by atoms with E-state index in [9.17, 15) is 4.79 Å². The van der Waals surface area contributed by atoms with Crippen molar-refractivity contribution in [2.45, 2.75) is 19.3 Å². The average molecular weight is 360 g/mol. The van der Waals surface area contributed by atoms with Crippen molar-refractivity contribution < 1.29 is 12.3 Å². The molecule has 0 saturated carbocycles. The van der Waals surface area contributed by atoms with E-state index in [4.69, 9.17) is 7.48 Å². The van der Waals surface area contributed by atoms with E-state index >= 15 is 0 Å². The van der Waals surface area contributed by atoms with Crippen LogP contribution in [0.25, 0.3) is 0 Å². The predicted molar refractivity (Wildman–Crippen MR) is 105 cm³/mol. The molecule has 2 aliphatic rings. The molecule has 0 aromatic heterocycles. The SMILES string of the molecule is [2H]C1C=CN(c2cc(C(=O)N3CCC(CCNC)CC3)ccc2OC)C([2H])N1. The van der Waals surface area contributed by atoms with Crippen LogP contribution in [0.2, 0.25) is 0 Å². The van der Waals surface area contributed by atoms with Gasteiger partial charge in [-0.05, 0) is 57.0 Å². The molecule has 0 radical (unpaired) electrons. The van der Waals surface area contributed by atoms with E-state index in [0.717, 1.165) is 38.9 Å². The van der Waals surface area contributed by atoms with Crippen molar-refractivity contribution in [2.24, 2.45) is 5.92 Å². The van der Waals surface area contributed by atoms with Crippen molar-refractivity contribution in [1.29, 1.82) is 0 Å². The number of amides is 1. The molecule has 1 aromatic rings. The van der Waals surface area contributed by atoms with Crippen LogP contribution in [0.1, 0.15) is 32.4 Å². The topological polar surface area (TPSA) is 56.8 Å². The average Bonchev–Trinajstić information content (AvgIpc) is 2.71. The van der Waals surface area contributed by atoms with Crippen LogP contribution >= 0.6 is 0 Å². The Balaban J connectivity index is 1.74. The van der Waals surface area contributed by atoms with Crippen LogP contribution < -0.4 is 20.3 Å². The summed E-state index contributed by atoms with van der Waals surface area (Å²) in [6, 6.07) is 5.34. The van der Waals surface area contributed by atoms with Crippen LogP contribution in [-0.4, -0.2) is 57.8 Å². The van der Waals surface area contributed by atoms with Crippen LogP contribution in [0, 0.1) is 5.92 Å². The van der Waals surface area contributed by atoms with Crippen molar-refractivity contribution in [3.8, 4) is 5.75 Å². The molecule has 0 bridgehead atoms. The minimum Gasteiger partial charge on any atom is -0.495 e. The van der Waals surface area contributed by atoms with E-state index in [1.807, 2.05) is 11.9 Å². The number of methoxy groups -OCH3 is 1. The van der Waals surface area contributed by atoms with Gasteiger partial charge in [0.1, 0.15) is 5.75 Å². The summed E-state index contributed by atoms with van der Waals surface area (Å²) in [4.78, 5) is 16.6. The van der Waals surface area contributed by atoms with E-state index in [0.29, 0.717) is 22.9 Å². The highest BCUT2D eigenvalue weighted by Crippen LogP contribution is 2.31. The highest BCUT2D eigenvalue weighted by atomic mass is 16.5. The number of nitrogens with one attached hydrogen (secondary N) is 2. The maximum atomic E-state index is 13.0. The lowest BCUT2D eigenvalue weighted by Gasteiger charge is -2.32. The number of likely N-dealkylation sites (tertiary alicyclic amines) is 1. The van der Waals surface area contributed by atoms with Crippen molar-refractivity contribution in [3.05, 3.63) is 36.0 Å². The van der Waals surface area contributed by atoms with Crippen LogP contribution in [0.5, 0.6) is 5.75 Å². The van der Waals surface area contributed by atoms with Gasteiger partial charge in [0.05, 0.1) is 20.8 Å². The Morgan fingerprint density at radius 1 is 1.42 bits per heavy atom. The van der Waals surface area contributed by atoms with Crippen molar-refractivity contribution >= 4 is 11.6 Å². The lowest BCUT2D eigenvalue weighted by molar-refractivity contribution is 0.0687. The number of hydrogen-bond acceptors (Lipinski definition) is 5. The molecular formula is C20H30N4O2. The quantitative estimate of drug-likeness (QED) is 0.813. The first-order chi connectivity index (χ1) is 13.5. The van der Waals surface area contributed by atoms with Crippen molar-refractivity contribution in [3.63, 3.8) is 0 Å². The minimum atomic E-state index is -0.810. The third-order valence-electron chi connectivity index (χ3n) is 5.06. The summed E-state index contributed by atoms with van der Waals surface area (Å²) in [5.41, 5.74) is 1.24. The number of benzene rings is 1. The van der Waals surface area contributed by atoms with E-state index in [2.05, 4.69) is 10.6 Å². The highest BCUT2D eigenvalue weighted by molar-refractivity contribution is 5.95. The summed E-state index contributed by atoms with van der Waals surface area (Å²) < 4.78 is 21.4. The first-order valence-corrected chi connectivity index (χ1v) is 9.22. The third kappa shape index (κ3) is 4.37. The maximum Gasteiger partial charge on any atom is 0.253 e. The molecule has 2 unspecified atom stereocenters. The molecule has 1 fully saturated rings. The zero-order chi connectivity index (χ0) is 20.1. The number of nitrogens with zero attached hydrogens (tertiary/aromatic N) is 2. The third-order valence-corrected chi connectivity index (χ3v) is 5.06. The molecule has 2 N–H and O–H groups in total. The summed E-state index contributed by atoms with van der Waals surface area (Å²) in [6.07, 6.45) is 6.59. The van der Waals surface area contributed by atoms with Crippen LogP contribution in [-0.2, 0) is 0 Å². The molecular weight excluding hydrogens is 328 g/mol. The lowest BCUT2D eigenvalue weighted by Crippen LogP contribution is -2.39. The summed E-state index contributed by atoms with van der Waals surface area (Å²) in [6.45, 7) is 1.15. The smallest absolute Gasteiger partial charge is 0.253 e. The van der Waals surface area contributed by atoms with Crippen LogP contribution in [0.3, 0.4) is 0 Å². The Morgan fingerprint density at radius 3 is 2.92 bits per heavy atom. The highest BCUT2D eigenvalue weighted by Gasteiger charge is 2.24. The predicted octanol–water partition coefficient (Wildman–Crippen LogP) is 2.04. The molecule has 1 saturated heterocycles. The second-order valence-corrected chi connectivity index (χ2v) is 6.73. The normalized spacial score (nSPS) is 25.0. The Kier molecular flexibility index (Phi) is 5.62. The largest absolute Gasteiger partial charge is 0.495 e. The molecule has 142 valence electrons. The van der Waals surface area contributed by atoms with E-state index in [1.54, 1.807) is 42.5 Å². The van der Waals surface area contributed by atoms with Gasteiger partial charge in [-0.15, -0.1) is 0 Å². The summed E-state index contributed by atoms with van der Waals surface area (Å²) in [5.74, 6) is 1.29. The molecule has 0 spiro atoms. The van der Waals surface area contributed by atoms with Gasteiger partial charge < -0.3 is 19.9 Å². The number of ether oxygens (including phenoxy) is 1. The van der Waals surface area contributed by atoms with E-state index in [1.165, 1.54) is 0 Å². The summed E-state index contributed by atoms with van der Waals surface area (Å²) in [5, 5.41) is 6.02. The van der Waals surface area contributed by atoms with Gasteiger partial charge in [-0.1, -0.05) is 6.08 Å².